The molecule has 3 rings (SSSR count). The Bertz CT molecular complexity index is 1310. The number of imidazole rings is 1. The van der Waals surface area contributed by atoms with E-state index in [0.29, 0.717) is 16.6 Å². The number of benzene rings is 2. The van der Waals surface area contributed by atoms with Gasteiger partial charge < -0.3 is 14.7 Å². The maximum absolute atomic E-state index is 12.9. The topological polar surface area (TPSA) is 164 Å². The van der Waals surface area contributed by atoms with E-state index in [1.807, 2.05) is 0 Å². The lowest BCUT2D eigenvalue weighted by atomic mass is 10.2. The fourth-order valence-corrected chi connectivity index (χ4v) is 4.46. The summed E-state index contributed by atoms with van der Waals surface area (Å²) in [5.41, 5.74) is 0.605. The molecule has 0 saturated carbocycles. The van der Waals surface area contributed by atoms with Gasteiger partial charge in [-0.2, -0.15) is 0 Å². The highest BCUT2D eigenvalue weighted by Gasteiger charge is 2.22. The first-order valence-electron chi connectivity index (χ1n) is 7.47. The van der Waals surface area contributed by atoms with Crippen molar-refractivity contribution in [3.8, 4) is 5.75 Å². The number of primary sulfonamides is 1. The minimum atomic E-state index is -4.12. The Labute approximate surface area is 154 Å². The van der Waals surface area contributed by atoms with Gasteiger partial charge in [0.05, 0.1) is 33.6 Å². The second-order valence-electron chi connectivity index (χ2n) is 5.76. The molecule has 0 amide bonds. The molecule has 5 N–H and O–H groups in total. The van der Waals surface area contributed by atoms with E-state index in [-0.39, 0.29) is 21.2 Å². The Hall–Kier alpha value is -2.83. The van der Waals surface area contributed by atoms with Gasteiger partial charge in [-0.25, -0.2) is 26.8 Å². The van der Waals surface area contributed by atoms with Crippen molar-refractivity contribution >= 4 is 36.8 Å². The molecule has 0 radical (unpaired) electrons. The first-order chi connectivity index (χ1) is 12.5. The van der Waals surface area contributed by atoms with Crippen molar-refractivity contribution in [2.24, 2.45) is 5.14 Å². The minimum Gasteiger partial charge on any atom is -0.495 e. The normalized spacial score (nSPS) is 12.3. The third-order valence-electron chi connectivity index (χ3n) is 3.84. The fraction of sp³-hybridized carbons (Fsp3) is 0.133. The first kappa shape index (κ1) is 18.9. The number of aryl methyl sites for hydroxylation is 1. The van der Waals surface area contributed by atoms with E-state index < -0.39 is 25.7 Å². The lowest BCUT2D eigenvalue weighted by molar-refractivity contribution is 0.416. The van der Waals surface area contributed by atoms with Crippen LogP contribution in [-0.2, 0) is 20.0 Å². The Morgan fingerprint density at radius 1 is 1.04 bits per heavy atom. The third-order valence-corrected chi connectivity index (χ3v) is 6.26. The standard InChI is InChI=1S/C15H16N4O6S2/c1-8-5-10-11(18-15(20)17-10)7-14(8)27(23,24)19-12-6-9(26(16,21)22)3-4-13(12)25-2/h3-7,19H,1-2H3,(H2,16,21,22)(H2,17,18,20). The Morgan fingerprint density at radius 3 is 2.26 bits per heavy atom. The lowest BCUT2D eigenvalue weighted by Gasteiger charge is -2.14. The van der Waals surface area contributed by atoms with Gasteiger partial charge in [-0.3, -0.25) is 4.72 Å². The number of ether oxygens (including phenoxy) is 1. The van der Waals surface area contributed by atoms with E-state index in [1.54, 1.807) is 6.92 Å². The Balaban J connectivity index is 2.12. The fourth-order valence-electron chi connectivity index (χ4n) is 2.60. The van der Waals surface area contributed by atoms with Gasteiger partial charge in [0.2, 0.25) is 10.0 Å². The zero-order valence-corrected chi connectivity index (χ0v) is 15.9. The van der Waals surface area contributed by atoms with E-state index in [0.717, 1.165) is 6.07 Å². The van der Waals surface area contributed by atoms with Crippen LogP contribution in [0.25, 0.3) is 11.0 Å². The van der Waals surface area contributed by atoms with Crippen LogP contribution in [0.1, 0.15) is 5.56 Å². The maximum Gasteiger partial charge on any atom is 0.323 e. The largest absolute Gasteiger partial charge is 0.495 e. The second kappa shape index (κ2) is 6.40. The number of H-pyrrole nitrogens is 2. The molecule has 1 aromatic heterocycles. The molecule has 0 unspecified atom stereocenters. The number of methoxy groups -OCH3 is 1. The van der Waals surface area contributed by atoms with Crippen LogP contribution in [0.5, 0.6) is 5.75 Å². The molecule has 144 valence electrons. The van der Waals surface area contributed by atoms with E-state index >= 15 is 0 Å². The smallest absolute Gasteiger partial charge is 0.323 e. The van der Waals surface area contributed by atoms with Crippen molar-refractivity contribution < 1.29 is 21.6 Å². The molecule has 27 heavy (non-hydrogen) atoms. The number of hydrogen-bond acceptors (Lipinski definition) is 6. The third kappa shape index (κ3) is 3.67. The van der Waals surface area contributed by atoms with Crippen LogP contribution >= 0.6 is 0 Å². The molecule has 0 fully saturated rings. The van der Waals surface area contributed by atoms with E-state index in [9.17, 15) is 21.6 Å². The van der Waals surface area contributed by atoms with Crippen LogP contribution in [0, 0.1) is 6.92 Å². The van der Waals surface area contributed by atoms with Gasteiger partial charge >= 0.3 is 5.69 Å². The summed E-state index contributed by atoms with van der Waals surface area (Å²) in [5.74, 6) is 0.111. The predicted molar refractivity (Wildman–Crippen MR) is 98.8 cm³/mol. The van der Waals surface area contributed by atoms with Crippen molar-refractivity contribution in [1.29, 1.82) is 0 Å². The van der Waals surface area contributed by atoms with Gasteiger partial charge in [-0.05, 0) is 42.8 Å². The van der Waals surface area contributed by atoms with Crippen LogP contribution in [0.4, 0.5) is 5.69 Å². The molecule has 0 bridgehead atoms. The van der Waals surface area contributed by atoms with Gasteiger partial charge in [0.25, 0.3) is 10.0 Å². The van der Waals surface area contributed by atoms with Crippen molar-refractivity contribution in [3.05, 3.63) is 46.4 Å². The van der Waals surface area contributed by atoms with Gasteiger partial charge in [0.1, 0.15) is 5.75 Å². The number of aromatic amines is 2. The van der Waals surface area contributed by atoms with Crippen molar-refractivity contribution in [1.82, 2.24) is 9.97 Å². The highest BCUT2D eigenvalue weighted by Crippen LogP contribution is 2.30. The monoisotopic (exact) mass is 412 g/mol. The molecule has 12 heteroatoms. The first-order valence-corrected chi connectivity index (χ1v) is 10.5. The van der Waals surface area contributed by atoms with Gasteiger partial charge in [-0.1, -0.05) is 0 Å². The van der Waals surface area contributed by atoms with E-state index in [1.165, 1.54) is 31.4 Å². The summed E-state index contributed by atoms with van der Waals surface area (Å²) in [6.45, 7) is 1.57. The van der Waals surface area contributed by atoms with Crippen molar-refractivity contribution in [3.63, 3.8) is 0 Å². The van der Waals surface area contributed by atoms with Crippen LogP contribution < -0.4 is 20.3 Å². The second-order valence-corrected chi connectivity index (χ2v) is 8.97. The maximum atomic E-state index is 12.9. The summed E-state index contributed by atoms with van der Waals surface area (Å²) in [4.78, 5) is 16.1. The van der Waals surface area contributed by atoms with E-state index in [4.69, 9.17) is 9.88 Å². The molecular formula is C15H16N4O6S2. The molecule has 0 aliphatic heterocycles. The highest BCUT2D eigenvalue weighted by molar-refractivity contribution is 7.92. The molecule has 10 nitrogen and oxygen atoms in total. The molecule has 3 aromatic rings. The van der Waals surface area contributed by atoms with Crippen LogP contribution in [0.3, 0.4) is 0 Å². The Morgan fingerprint density at radius 2 is 1.67 bits per heavy atom. The van der Waals surface area contributed by atoms with Crippen LogP contribution in [0.2, 0.25) is 0 Å². The average Bonchev–Trinajstić information content (AvgIpc) is 2.91. The van der Waals surface area contributed by atoms with Crippen LogP contribution in [0.15, 0.2) is 44.9 Å². The average molecular weight is 412 g/mol. The van der Waals surface area contributed by atoms with Crippen molar-refractivity contribution in [2.75, 3.05) is 11.8 Å². The Kier molecular flexibility index (Phi) is 4.49. The molecular weight excluding hydrogens is 396 g/mol. The summed E-state index contributed by atoms with van der Waals surface area (Å²) >= 11 is 0. The number of rotatable bonds is 5. The lowest BCUT2D eigenvalue weighted by Crippen LogP contribution is -2.17. The number of anilines is 1. The number of sulfonamides is 2. The molecule has 0 aliphatic rings. The summed E-state index contributed by atoms with van der Waals surface area (Å²) in [5, 5.41) is 5.10. The molecule has 0 atom stereocenters. The molecule has 0 aliphatic carbocycles. The SMILES string of the molecule is COc1ccc(S(N)(=O)=O)cc1NS(=O)(=O)c1cc2[nH]c(=O)[nH]c2cc1C. The minimum absolute atomic E-state index is 0.0895. The number of aromatic nitrogens is 2. The number of fused-ring (bicyclic) bond motifs is 1. The summed E-state index contributed by atoms with van der Waals surface area (Å²) in [7, 11) is -6.85. The number of hydrogen-bond donors (Lipinski definition) is 4. The summed E-state index contributed by atoms with van der Waals surface area (Å²) < 4.78 is 56.2. The zero-order valence-electron chi connectivity index (χ0n) is 14.2. The van der Waals surface area contributed by atoms with Crippen LogP contribution in [-0.4, -0.2) is 33.9 Å². The van der Waals surface area contributed by atoms with Crippen molar-refractivity contribution in [2.45, 2.75) is 16.7 Å². The number of nitrogens with one attached hydrogen (secondary N) is 3. The quantitative estimate of drug-likeness (QED) is 0.480. The summed E-state index contributed by atoms with van der Waals surface area (Å²) in [6, 6.07) is 6.38. The molecule has 0 saturated heterocycles. The van der Waals surface area contributed by atoms with Gasteiger partial charge in [-0.15, -0.1) is 0 Å². The molecule has 2 aromatic carbocycles. The summed E-state index contributed by atoms with van der Waals surface area (Å²) in [6.07, 6.45) is 0. The molecule has 0 spiro atoms. The zero-order chi connectivity index (χ0) is 20.0. The predicted octanol–water partition coefficient (Wildman–Crippen LogP) is 0.621. The van der Waals surface area contributed by atoms with Gasteiger partial charge in [0.15, 0.2) is 0 Å². The van der Waals surface area contributed by atoms with E-state index in [2.05, 4.69) is 14.7 Å². The highest BCUT2D eigenvalue weighted by atomic mass is 32.2. The number of nitrogens with two attached hydrogens (primary N) is 1. The molecule has 1 heterocycles. The van der Waals surface area contributed by atoms with Gasteiger partial charge in [0, 0.05) is 0 Å².